The normalized spacial score (nSPS) is 11.3. The summed E-state index contributed by atoms with van der Waals surface area (Å²) in [6, 6.07) is 9.21. The molecular weight excluding hydrogens is 279 g/mol. The summed E-state index contributed by atoms with van der Waals surface area (Å²) in [5, 5.41) is 3.03. The highest BCUT2D eigenvalue weighted by Crippen LogP contribution is 2.36. The number of benzene rings is 2. The van der Waals surface area contributed by atoms with Crippen LogP contribution < -0.4 is 10.1 Å². The molecule has 0 unspecified atom stereocenters. The van der Waals surface area contributed by atoms with Gasteiger partial charge in [-0.2, -0.15) is 13.2 Å². The Hall–Kier alpha value is -2.17. The molecule has 0 saturated heterocycles. The summed E-state index contributed by atoms with van der Waals surface area (Å²) in [6.07, 6.45) is -4.40. The zero-order chi connectivity index (χ0) is 15.6. The van der Waals surface area contributed by atoms with Gasteiger partial charge in [-0.3, -0.25) is 0 Å². The average Bonchev–Trinajstić information content (AvgIpc) is 2.46. The van der Waals surface area contributed by atoms with Gasteiger partial charge in [0.2, 0.25) is 0 Å². The molecule has 21 heavy (non-hydrogen) atoms. The number of aryl methyl sites for hydroxylation is 1. The fourth-order valence-corrected chi connectivity index (χ4v) is 2.12. The molecule has 2 rings (SSSR count). The molecule has 0 fully saturated rings. The van der Waals surface area contributed by atoms with Crippen LogP contribution in [0.3, 0.4) is 0 Å². The van der Waals surface area contributed by atoms with Crippen molar-refractivity contribution in [3.05, 3.63) is 47.5 Å². The molecule has 0 atom stereocenters. The second kappa shape index (κ2) is 5.68. The van der Waals surface area contributed by atoms with E-state index in [0.717, 1.165) is 23.4 Å². The highest BCUT2D eigenvalue weighted by atomic mass is 19.4. The topological polar surface area (TPSA) is 21.3 Å². The van der Waals surface area contributed by atoms with Crippen molar-refractivity contribution in [3.63, 3.8) is 0 Å². The van der Waals surface area contributed by atoms with Gasteiger partial charge in [0, 0.05) is 12.7 Å². The lowest BCUT2D eigenvalue weighted by Crippen LogP contribution is -2.05. The zero-order valence-electron chi connectivity index (χ0n) is 12.0. The molecule has 0 amide bonds. The smallest absolute Gasteiger partial charge is 0.416 e. The third kappa shape index (κ3) is 3.29. The van der Waals surface area contributed by atoms with Crippen LogP contribution >= 0.6 is 0 Å². The summed E-state index contributed by atoms with van der Waals surface area (Å²) in [7, 11) is 3.13. The fourth-order valence-electron chi connectivity index (χ4n) is 2.12. The van der Waals surface area contributed by atoms with Crippen molar-refractivity contribution in [3.8, 4) is 16.9 Å². The van der Waals surface area contributed by atoms with E-state index in [-0.39, 0.29) is 5.75 Å². The lowest BCUT2D eigenvalue weighted by molar-refractivity contribution is -0.137. The van der Waals surface area contributed by atoms with Crippen LogP contribution in [0.5, 0.6) is 5.75 Å². The number of ether oxygens (including phenoxy) is 1. The van der Waals surface area contributed by atoms with Gasteiger partial charge in [0.25, 0.3) is 0 Å². The predicted octanol–water partition coefficient (Wildman–Crippen LogP) is 4.73. The molecule has 1 N–H and O–H groups in total. The molecule has 5 heteroatoms. The first-order valence-electron chi connectivity index (χ1n) is 6.40. The van der Waals surface area contributed by atoms with Gasteiger partial charge in [-0.25, -0.2) is 0 Å². The van der Waals surface area contributed by atoms with Crippen LogP contribution in [0.25, 0.3) is 11.1 Å². The molecule has 0 spiro atoms. The molecule has 0 saturated carbocycles. The summed E-state index contributed by atoms with van der Waals surface area (Å²) in [5.41, 5.74) is 2.36. The summed E-state index contributed by atoms with van der Waals surface area (Å²) in [5.74, 6) is 0.186. The SMILES string of the molecule is CNc1cc(-c2cc(OC)cc(C(F)(F)F)c2)ccc1C. The van der Waals surface area contributed by atoms with E-state index < -0.39 is 11.7 Å². The number of hydrogen-bond donors (Lipinski definition) is 1. The third-order valence-corrected chi connectivity index (χ3v) is 3.31. The van der Waals surface area contributed by atoms with Crippen LogP contribution in [0.15, 0.2) is 36.4 Å². The van der Waals surface area contributed by atoms with Crippen molar-refractivity contribution in [1.29, 1.82) is 0 Å². The average molecular weight is 295 g/mol. The number of nitrogens with one attached hydrogen (secondary N) is 1. The van der Waals surface area contributed by atoms with Gasteiger partial charge in [0.05, 0.1) is 12.7 Å². The van der Waals surface area contributed by atoms with Crippen molar-refractivity contribution in [2.45, 2.75) is 13.1 Å². The Bertz CT molecular complexity index is 650. The molecule has 0 heterocycles. The second-order valence-corrected chi connectivity index (χ2v) is 4.73. The molecular formula is C16H16F3NO. The molecule has 112 valence electrons. The van der Waals surface area contributed by atoms with E-state index in [1.165, 1.54) is 7.11 Å². The predicted molar refractivity (Wildman–Crippen MR) is 77.7 cm³/mol. The Labute approximate surface area is 121 Å². The van der Waals surface area contributed by atoms with Crippen LogP contribution in [-0.4, -0.2) is 14.2 Å². The minimum atomic E-state index is -4.40. The quantitative estimate of drug-likeness (QED) is 0.883. The van der Waals surface area contributed by atoms with Crippen molar-refractivity contribution in [1.82, 2.24) is 0 Å². The minimum absolute atomic E-state index is 0.186. The molecule has 2 nitrogen and oxygen atoms in total. The van der Waals surface area contributed by atoms with Crippen LogP contribution in [0.1, 0.15) is 11.1 Å². The van der Waals surface area contributed by atoms with E-state index in [9.17, 15) is 13.2 Å². The van der Waals surface area contributed by atoms with Crippen molar-refractivity contribution < 1.29 is 17.9 Å². The largest absolute Gasteiger partial charge is 0.497 e. The van der Waals surface area contributed by atoms with E-state index in [1.807, 2.05) is 19.1 Å². The maximum absolute atomic E-state index is 12.9. The van der Waals surface area contributed by atoms with Gasteiger partial charge in [0.15, 0.2) is 0 Å². The number of anilines is 1. The van der Waals surface area contributed by atoms with Crippen LogP contribution in [0, 0.1) is 6.92 Å². The summed E-state index contributed by atoms with van der Waals surface area (Å²) in [4.78, 5) is 0. The Balaban J connectivity index is 2.58. The molecule has 0 aliphatic heterocycles. The highest BCUT2D eigenvalue weighted by Gasteiger charge is 2.31. The third-order valence-electron chi connectivity index (χ3n) is 3.31. The number of methoxy groups -OCH3 is 1. The van der Waals surface area contributed by atoms with Gasteiger partial charge in [0.1, 0.15) is 5.75 Å². The Morgan fingerprint density at radius 1 is 1.00 bits per heavy atom. The highest BCUT2D eigenvalue weighted by molar-refractivity contribution is 5.71. The van der Waals surface area contributed by atoms with Crippen molar-refractivity contribution in [2.24, 2.45) is 0 Å². The summed E-state index contributed by atoms with van der Waals surface area (Å²) in [6.45, 7) is 1.93. The molecule has 0 aliphatic rings. The van der Waals surface area contributed by atoms with Crippen LogP contribution in [0.4, 0.5) is 18.9 Å². The van der Waals surface area contributed by atoms with Gasteiger partial charge >= 0.3 is 6.18 Å². The number of alkyl halides is 3. The Morgan fingerprint density at radius 2 is 1.71 bits per heavy atom. The molecule has 0 aliphatic carbocycles. The van der Waals surface area contributed by atoms with E-state index in [1.54, 1.807) is 19.2 Å². The number of hydrogen-bond acceptors (Lipinski definition) is 2. The van der Waals surface area contributed by atoms with Crippen LogP contribution in [-0.2, 0) is 6.18 Å². The summed E-state index contributed by atoms with van der Waals surface area (Å²) < 4.78 is 43.8. The zero-order valence-corrected chi connectivity index (χ0v) is 12.0. The van der Waals surface area contributed by atoms with Crippen molar-refractivity contribution in [2.75, 3.05) is 19.5 Å². The van der Waals surface area contributed by atoms with Crippen LogP contribution in [0.2, 0.25) is 0 Å². The van der Waals surface area contributed by atoms with Gasteiger partial charge in [-0.15, -0.1) is 0 Å². The molecule has 0 radical (unpaired) electrons. The first-order valence-corrected chi connectivity index (χ1v) is 6.40. The lowest BCUT2D eigenvalue weighted by Gasteiger charge is -2.13. The first-order chi connectivity index (χ1) is 9.85. The van der Waals surface area contributed by atoms with E-state index in [4.69, 9.17) is 4.74 Å². The molecule has 0 bridgehead atoms. The Morgan fingerprint density at radius 3 is 2.29 bits per heavy atom. The number of rotatable bonds is 3. The van der Waals surface area contributed by atoms with E-state index >= 15 is 0 Å². The van der Waals surface area contributed by atoms with Gasteiger partial charge in [-0.05, 0) is 47.9 Å². The van der Waals surface area contributed by atoms with Gasteiger partial charge < -0.3 is 10.1 Å². The molecule has 0 aromatic heterocycles. The molecule has 2 aromatic carbocycles. The maximum Gasteiger partial charge on any atom is 0.416 e. The number of halogens is 3. The second-order valence-electron chi connectivity index (χ2n) is 4.73. The van der Waals surface area contributed by atoms with E-state index in [0.29, 0.717) is 11.1 Å². The van der Waals surface area contributed by atoms with E-state index in [2.05, 4.69) is 5.32 Å². The Kier molecular flexibility index (Phi) is 4.11. The summed E-state index contributed by atoms with van der Waals surface area (Å²) >= 11 is 0. The maximum atomic E-state index is 12.9. The first kappa shape index (κ1) is 15.2. The lowest BCUT2D eigenvalue weighted by atomic mass is 10.00. The minimum Gasteiger partial charge on any atom is -0.497 e. The standard InChI is InChI=1S/C16H16F3NO/c1-10-4-5-11(8-15(10)20-2)12-6-13(16(17,18)19)9-14(7-12)21-3/h4-9,20H,1-3H3. The fraction of sp³-hybridized carbons (Fsp3) is 0.250. The monoisotopic (exact) mass is 295 g/mol. The van der Waals surface area contributed by atoms with Crippen molar-refractivity contribution >= 4 is 5.69 Å². The van der Waals surface area contributed by atoms with Gasteiger partial charge in [-0.1, -0.05) is 12.1 Å². The molecule has 2 aromatic rings.